The monoisotopic (exact) mass is 1500 g/mol. The number of ether oxygens (including phenoxy) is 15. The predicted molar refractivity (Wildman–Crippen MR) is 423 cm³/mol. The van der Waals surface area contributed by atoms with Crippen LogP contribution < -0.4 is 18.9 Å². The van der Waals surface area contributed by atoms with E-state index in [4.69, 9.17) is 71.1 Å². The molecule has 0 N–H and O–H groups in total. The van der Waals surface area contributed by atoms with E-state index in [0.717, 1.165) is 83.0 Å². The maximum absolute atomic E-state index is 15.4. The summed E-state index contributed by atoms with van der Waals surface area (Å²) in [5.41, 5.74) is 8.53. The first-order valence-electron chi connectivity index (χ1n) is 38.7. The molecule has 2 aliphatic rings. The van der Waals surface area contributed by atoms with E-state index in [1.165, 1.54) is 0 Å². The van der Waals surface area contributed by atoms with Gasteiger partial charge in [0.15, 0.2) is 12.6 Å². The number of rotatable bonds is 42. The fourth-order valence-corrected chi connectivity index (χ4v) is 13.5. The summed E-state index contributed by atoms with van der Waals surface area (Å²) in [6, 6.07) is 85.4. The Morgan fingerprint density at radius 2 is 0.568 bits per heavy atom. The number of hydrogen-bond donors (Lipinski definition) is 0. The van der Waals surface area contributed by atoms with E-state index in [1.54, 1.807) is 12.1 Å². The number of carbonyl (C=O) groups excluding carboxylic acids is 2. The smallest absolute Gasteiger partial charge is 0.342 e. The van der Waals surface area contributed by atoms with Crippen LogP contribution in [0.4, 0.5) is 0 Å². The van der Waals surface area contributed by atoms with Gasteiger partial charge in [0, 0.05) is 12.1 Å². The molecule has 2 aliphatic heterocycles. The standard InChI is InChI=1S/C94H102O17/c1-5-7-33-51-97-77-53-67(3)83(79(55-77)99-57-69-35-17-9-18-36-69)91(95)107-65-81-85(101-59-71-39-21-11-22-40-71)87(103-61-73-43-25-13-26-44-73)89(105-63-75-47-29-15-30-48-75)93(109-81)111-94-90(106-64-76-49-31-16-32-50-76)88(104-62-74-45-27-14-28-46-74)86(102-60-72-41-23-12-24-42-72)82(110-94)66-108-92(96)84-68(4)54-78(98-52-34-8-6-2)56-80(84)100-58-70-37-19-10-20-38-70/h9-32,35-50,53-56,81-82,85-90,93-94H,5-8,33-34,51-52,57-66H2,1-4H3. The third kappa shape index (κ3) is 24.0. The Hall–Kier alpha value is -10.0. The molecule has 0 aliphatic carbocycles. The summed E-state index contributed by atoms with van der Waals surface area (Å²) in [4.78, 5) is 30.7. The molecule has 10 aromatic carbocycles. The second kappa shape index (κ2) is 43.0. The predicted octanol–water partition coefficient (Wildman–Crippen LogP) is 18.6. The lowest BCUT2D eigenvalue weighted by molar-refractivity contribution is -0.393. The molecule has 0 bridgehead atoms. The zero-order chi connectivity index (χ0) is 76.6. The average Bonchev–Trinajstić information content (AvgIpc) is 0.769. The van der Waals surface area contributed by atoms with Crippen molar-refractivity contribution in [3.8, 4) is 23.0 Å². The van der Waals surface area contributed by atoms with Gasteiger partial charge in [-0.3, -0.25) is 0 Å². The molecule has 2 saturated heterocycles. The highest BCUT2D eigenvalue weighted by atomic mass is 16.8. The number of aryl methyl sites for hydroxylation is 2. The van der Waals surface area contributed by atoms with E-state index in [2.05, 4.69) is 13.8 Å². The third-order valence-corrected chi connectivity index (χ3v) is 19.4. The SMILES string of the molecule is CCCCCOc1cc(C)c(C(=O)OCC2OC(OC3OC(COC(=O)c4c(C)cc(OCCCCC)cc4OCc4ccccc4)C(OCc4ccccc4)C(OCc4ccccc4)C3OCc3ccccc3)C(OCc3ccccc3)C(OCc3ccccc3)C2OCc2ccccc2)c(OCc2ccccc2)c1. The fourth-order valence-electron chi connectivity index (χ4n) is 13.5. The van der Waals surface area contributed by atoms with Crippen molar-refractivity contribution >= 4 is 11.9 Å². The first-order valence-corrected chi connectivity index (χ1v) is 38.7. The molecule has 580 valence electrons. The molecule has 0 radical (unpaired) electrons. The van der Waals surface area contributed by atoms with Gasteiger partial charge < -0.3 is 71.1 Å². The Morgan fingerprint density at radius 1 is 0.306 bits per heavy atom. The fraction of sp³-hybridized carbons (Fsp3) is 0.340. The maximum Gasteiger partial charge on any atom is 0.342 e. The number of carbonyl (C=O) groups is 2. The number of hydrogen-bond acceptors (Lipinski definition) is 17. The van der Waals surface area contributed by atoms with Crippen LogP contribution in [0.5, 0.6) is 23.0 Å². The van der Waals surface area contributed by atoms with Crippen LogP contribution in [0.25, 0.3) is 0 Å². The Labute approximate surface area is 652 Å². The van der Waals surface area contributed by atoms with Crippen molar-refractivity contribution in [1.82, 2.24) is 0 Å². The molecule has 0 saturated carbocycles. The molecule has 0 spiro atoms. The third-order valence-electron chi connectivity index (χ3n) is 19.4. The molecule has 0 amide bonds. The lowest BCUT2D eigenvalue weighted by atomic mass is 9.96. The zero-order valence-corrected chi connectivity index (χ0v) is 63.8. The quantitative estimate of drug-likeness (QED) is 0.0261. The van der Waals surface area contributed by atoms with Crippen LogP contribution in [0, 0.1) is 13.8 Å². The highest BCUT2D eigenvalue weighted by Gasteiger charge is 2.55. The van der Waals surface area contributed by atoms with Gasteiger partial charge in [0.1, 0.15) is 109 Å². The van der Waals surface area contributed by atoms with Crippen LogP contribution in [-0.2, 0) is 105 Å². The van der Waals surface area contributed by atoms with Gasteiger partial charge in [-0.05, 0) is 94.5 Å². The van der Waals surface area contributed by atoms with Gasteiger partial charge in [0.25, 0.3) is 0 Å². The molecule has 17 nitrogen and oxygen atoms in total. The largest absolute Gasteiger partial charge is 0.493 e. The molecule has 2 heterocycles. The van der Waals surface area contributed by atoms with Crippen molar-refractivity contribution < 1.29 is 80.6 Å². The van der Waals surface area contributed by atoms with E-state index >= 15 is 9.59 Å². The van der Waals surface area contributed by atoms with E-state index in [9.17, 15) is 0 Å². The van der Waals surface area contributed by atoms with Crippen LogP contribution in [0.1, 0.15) is 129 Å². The molecule has 111 heavy (non-hydrogen) atoms. The molecule has 10 aromatic rings. The van der Waals surface area contributed by atoms with Crippen molar-refractivity contribution in [1.29, 1.82) is 0 Å². The van der Waals surface area contributed by atoms with Crippen LogP contribution in [0.15, 0.2) is 267 Å². The second-order valence-corrected chi connectivity index (χ2v) is 27.9. The summed E-state index contributed by atoms with van der Waals surface area (Å²) in [5.74, 6) is 0.337. The van der Waals surface area contributed by atoms with Crippen LogP contribution >= 0.6 is 0 Å². The van der Waals surface area contributed by atoms with Gasteiger partial charge in [-0.1, -0.05) is 282 Å². The van der Waals surface area contributed by atoms with Crippen LogP contribution in [0.2, 0.25) is 0 Å². The highest BCUT2D eigenvalue weighted by Crippen LogP contribution is 2.39. The van der Waals surface area contributed by atoms with Gasteiger partial charge in [0.2, 0.25) is 0 Å². The first kappa shape index (κ1) is 80.5. The van der Waals surface area contributed by atoms with Crippen molar-refractivity contribution in [3.63, 3.8) is 0 Å². The van der Waals surface area contributed by atoms with Gasteiger partial charge >= 0.3 is 11.9 Å². The average molecular weight is 1500 g/mol. The van der Waals surface area contributed by atoms with Gasteiger partial charge in [0.05, 0.1) is 52.9 Å². The number of unbranched alkanes of at least 4 members (excludes halogenated alkanes) is 4. The minimum atomic E-state index is -1.45. The van der Waals surface area contributed by atoms with Crippen molar-refractivity contribution in [2.75, 3.05) is 26.4 Å². The summed E-state index contributed by atoms with van der Waals surface area (Å²) in [7, 11) is 0. The van der Waals surface area contributed by atoms with E-state index in [-0.39, 0.29) is 88.7 Å². The highest BCUT2D eigenvalue weighted by molar-refractivity contribution is 5.95. The Morgan fingerprint density at radius 3 is 0.847 bits per heavy atom. The lowest BCUT2D eigenvalue weighted by Gasteiger charge is -2.49. The summed E-state index contributed by atoms with van der Waals surface area (Å²) in [6.45, 7) is 9.01. The van der Waals surface area contributed by atoms with Crippen molar-refractivity contribution in [2.24, 2.45) is 0 Å². The first-order chi connectivity index (χ1) is 54.6. The maximum atomic E-state index is 15.4. The Kier molecular flexibility index (Phi) is 31.2. The number of benzene rings is 10. The summed E-state index contributed by atoms with van der Waals surface area (Å²) in [6.07, 6.45) is -5.82. The topological polar surface area (TPSA) is 173 Å². The van der Waals surface area contributed by atoms with E-state index < -0.39 is 73.4 Å². The van der Waals surface area contributed by atoms with E-state index in [1.807, 2.05) is 269 Å². The molecule has 10 unspecified atom stereocenters. The molecule has 10 atom stereocenters. The van der Waals surface area contributed by atoms with Crippen molar-refractivity contribution in [3.05, 3.63) is 334 Å². The molecule has 2 fully saturated rings. The van der Waals surface area contributed by atoms with Crippen LogP contribution in [0.3, 0.4) is 0 Å². The van der Waals surface area contributed by atoms with E-state index in [0.29, 0.717) is 35.8 Å². The minimum Gasteiger partial charge on any atom is -0.493 e. The van der Waals surface area contributed by atoms with Gasteiger partial charge in [-0.2, -0.15) is 0 Å². The summed E-state index contributed by atoms with van der Waals surface area (Å²) < 4.78 is 105. The molecule has 12 rings (SSSR count). The summed E-state index contributed by atoms with van der Waals surface area (Å²) in [5, 5.41) is 0. The van der Waals surface area contributed by atoms with Gasteiger partial charge in [-0.25, -0.2) is 9.59 Å². The lowest BCUT2D eigenvalue weighted by Crippen LogP contribution is -2.66. The Bertz CT molecular complexity index is 4070. The molecule has 17 heteroatoms. The molecular weight excluding hydrogens is 1400 g/mol. The Balaban J connectivity index is 0.956. The minimum absolute atomic E-state index is 0.0625. The summed E-state index contributed by atoms with van der Waals surface area (Å²) >= 11 is 0. The van der Waals surface area contributed by atoms with Crippen molar-refractivity contribution in [2.45, 2.75) is 180 Å². The second-order valence-electron chi connectivity index (χ2n) is 27.9. The number of esters is 2. The van der Waals surface area contributed by atoms with Crippen LogP contribution in [-0.4, -0.2) is 99.8 Å². The molecule has 0 aromatic heterocycles. The zero-order valence-electron chi connectivity index (χ0n) is 63.8. The normalized spacial score (nSPS) is 19.5. The molecular formula is C94H102O17. The van der Waals surface area contributed by atoms with Gasteiger partial charge in [-0.15, -0.1) is 0 Å².